The van der Waals surface area contributed by atoms with Crippen LogP contribution in [0.5, 0.6) is 0 Å². The Morgan fingerprint density at radius 2 is 1.88 bits per heavy atom. The Balaban J connectivity index is 2.14. The largest absolute Gasteiger partial charge is 0.320 e. The molecule has 0 unspecified atom stereocenters. The summed E-state index contributed by atoms with van der Waals surface area (Å²) in [4.78, 5) is 0. The lowest BCUT2D eigenvalue weighted by Crippen LogP contribution is -2.29. The molecule has 0 aliphatic carbocycles. The first-order valence-corrected chi connectivity index (χ1v) is 5.70. The molecule has 0 aliphatic rings. The zero-order chi connectivity index (χ0) is 12.5. The molecule has 1 aromatic heterocycles. The van der Waals surface area contributed by atoms with Crippen LogP contribution in [0.3, 0.4) is 0 Å². The molecule has 2 rings (SSSR count). The van der Waals surface area contributed by atoms with Crippen molar-refractivity contribution in [2.45, 2.75) is 32.9 Å². The lowest BCUT2D eigenvalue weighted by Gasteiger charge is -2.13. The molecule has 90 valence electrons. The molecule has 0 saturated heterocycles. The van der Waals surface area contributed by atoms with Gasteiger partial charge >= 0.3 is 0 Å². The Bertz CT molecular complexity index is 491. The van der Waals surface area contributed by atoms with Crippen LogP contribution in [-0.2, 0) is 12.1 Å². The van der Waals surface area contributed by atoms with E-state index in [1.807, 2.05) is 24.7 Å². The van der Waals surface area contributed by atoms with Crippen LogP contribution in [-0.4, -0.2) is 15.0 Å². The highest BCUT2D eigenvalue weighted by atomic mass is 15.4. The lowest BCUT2D eigenvalue weighted by molar-refractivity contribution is 0.533. The predicted molar refractivity (Wildman–Crippen MR) is 67.5 cm³/mol. The summed E-state index contributed by atoms with van der Waals surface area (Å²) in [5.74, 6) is 0. The Morgan fingerprint density at radius 3 is 2.41 bits per heavy atom. The van der Waals surface area contributed by atoms with Gasteiger partial charge in [0, 0.05) is 0 Å². The van der Waals surface area contributed by atoms with E-state index in [0.29, 0.717) is 0 Å². The summed E-state index contributed by atoms with van der Waals surface area (Å²) in [5.41, 5.74) is 8.81. The third kappa shape index (κ3) is 2.91. The molecule has 0 saturated carbocycles. The maximum absolute atomic E-state index is 5.97. The van der Waals surface area contributed by atoms with Gasteiger partial charge in [-0.05, 0) is 26.3 Å². The fourth-order valence-corrected chi connectivity index (χ4v) is 1.55. The van der Waals surface area contributed by atoms with Crippen molar-refractivity contribution in [3.8, 4) is 0 Å². The van der Waals surface area contributed by atoms with E-state index < -0.39 is 5.54 Å². The molecule has 0 atom stereocenters. The number of nitrogens with two attached hydrogens (primary N) is 1. The molecular weight excluding hydrogens is 212 g/mol. The minimum atomic E-state index is -0.439. The molecule has 0 bridgehead atoms. The molecule has 1 aromatic carbocycles. The second kappa shape index (κ2) is 4.30. The molecule has 0 amide bonds. The third-order valence-corrected chi connectivity index (χ3v) is 2.66. The molecule has 0 radical (unpaired) electrons. The molecule has 2 aromatic rings. The topological polar surface area (TPSA) is 56.7 Å². The predicted octanol–water partition coefficient (Wildman–Crippen LogP) is 1.83. The molecule has 17 heavy (non-hydrogen) atoms. The number of aryl methyl sites for hydroxylation is 1. The van der Waals surface area contributed by atoms with Crippen molar-refractivity contribution in [1.29, 1.82) is 0 Å². The van der Waals surface area contributed by atoms with Crippen LogP contribution in [0.25, 0.3) is 0 Å². The van der Waals surface area contributed by atoms with Gasteiger partial charge in [0.25, 0.3) is 0 Å². The average Bonchev–Trinajstić information content (AvgIpc) is 2.69. The van der Waals surface area contributed by atoms with Gasteiger partial charge in [-0.25, -0.2) is 4.68 Å². The minimum Gasteiger partial charge on any atom is -0.320 e. The summed E-state index contributed by atoms with van der Waals surface area (Å²) in [6, 6.07) is 8.40. The molecule has 0 spiro atoms. The van der Waals surface area contributed by atoms with Crippen molar-refractivity contribution >= 4 is 0 Å². The summed E-state index contributed by atoms with van der Waals surface area (Å²) in [5, 5.41) is 8.18. The monoisotopic (exact) mass is 230 g/mol. The van der Waals surface area contributed by atoms with Crippen LogP contribution in [0.4, 0.5) is 0 Å². The maximum atomic E-state index is 5.97. The number of hydrogen-bond donors (Lipinski definition) is 1. The fourth-order valence-electron chi connectivity index (χ4n) is 1.55. The number of rotatable bonds is 3. The summed E-state index contributed by atoms with van der Waals surface area (Å²) in [6.07, 6.45) is 1.90. The standard InChI is InChI=1S/C13H18N4/c1-10-4-6-11(7-5-10)8-17-9-12(15-16-17)13(2,3)14/h4-7,9H,8,14H2,1-3H3. The molecule has 2 N–H and O–H groups in total. The van der Waals surface area contributed by atoms with Gasteiger partial charge in [0.2, 0.25) is 0 Å². The van der Waals surface area contributed by atoms with Crippen LogP contribution < -0.4 is 5.73 Å². The zero-order valence-electron chi connectivity index (χ0n) is 10.5. The van der Waals surface area contributed by atoms with Gasteiger partial charge < -0.3 is 5.73 Å². The number of hydrogen-bond acceptors (Lipinski definition) is 3. The first-order chi connectivity index (χ1) is 7.95. The van der Waals surface area contributed by atoms with E-state index in [0.717, 1.165) is 12.2 Å². The van der Waals surface area contributed by atoms with Crippen LogP contribution in [0.15, 0.2) is 30.5 Å². The van der Waals surface area contributed by atoms with E-state index in [1.54, 1.807) is 0 Å². The Hall–Kier alpha value is -1.68. The van der Waals surface area contributed by atoms with Crippen molar-refractivity contribution in [3.05, 3.63) is 47.3 Å². The first kappa shape index (κ1) is 11.8. The summed E-state index contributed by atoms with van der Waals surface area (Å²) in [6.45, 7) is 6.65. The van der Waals surface area contributed by atoms with Crippen molar-refractivity contribution in [2.24, 2.45) is 5.73 Å². The van der Waals surface area contributed by atoms with Crippen LogP contribution in [0.2, 0.25) is 0 Å². The fraction of sp³-hybridized carbons (Fsp3) is 0.385. The first-order valence-electron chi connectivity index (χ1n) is 5.70. The third-order valence-electron chi connectivity index (χ3n) is 2.66. The second-order valence-electron chi connectivity index (χ2n) is 5.01. The van der Waals surface area contributed by atoms with E-state index in [-0.39, 0.29) is 0 Å². The van der Waals surface area contributed by atoms with Gasteiger partial charge in [-0.2, -0.15) is 0 Å². The highest BCUT2D eigenvalue weighted by Gasteiger charge is 2.18. The smallest absolute Gasteiger partial charge is 0.102 e. The van der Waals surface area contributed by atoms with E-state index in [4.69, 9.17) is 5.73 Å². The van der Waals surface area contributed by atoms with Crippen molar-refractivity contribution in [2.75, 3.05) is 0 Å². The Morgan fingerprint density at radius 1 is 1.24 bits per heavy atom. The molecule has 4 heteroatoms. The van der Waals surface area contributed by atoms with Gasteiger partial charge in [-0.15, -0.1) is 5.10 Å². The lowest BCUT2D eigenvalue weighted by atomic mass is 10.0. The minimum absolute atomic E-state index is 0.439. The Labute approximate surface area is 101 Å². The van der Waals surface area contributed by atoms with E-state index >= 15 is 0 Å². The number of aromatic nitrogens is 3. The maximum Gasteiger partial charge on any atom is 0.102 e. The molecule has 4 nitrogen and oxygen atoms in total. The Kier molecular flexibility index (Phi) is 2.98. The van der Waals surface area contributed by atoms with Gasteiger partial charge in [0.1, 0.15) is 5.69 Å². The van der Waals surface area contributed by atoms with Crippen LogP contribution in [0.1, 0.15) is 30.7 Å². The van der Waals surface area contributed by atoms with E-state index in [2.05, 4.69) is 41.5 Å². The molecule has 0 aliphatic heterocycles. The van der Waals surface area contributed by atoms with Crippen LogP contribution >= 0.6 is 0 Å². The number of nitrogens with zero attached hydrogens (tertiary/aromatic N) is 3. The van der Waals surface area contributed by atoms with Crippen molar-refractivity contribution < 1.29 is 0 Å². The quantitative estimate of drug-likeness (QED) is 0.875. The molecule has 0 fully saturated rings. The highest BCUT2D eigenvalue weighted by molar-refractivity contribution is 5.21. The zero-order valence-corrected chi connectivity index (χ0v) is 10.5. The van der Waals surface area contributed by atoms with Gasteiger partial charge in [-0.3, -0.25) is 0 Å². The van der Waals surface area contributed by atoms with Gasteiger partial charge in [0.15, 0.2) is 0 Å². The second-order valence-corrected chi connectivity index (χ2v) is 5.01. The molecular formula is C13H18N4. The van der Waals surface area contributed by atoms with Gasteiger partial charge in [0.05, 0.1) is 18.3 Å². The van der Waals surface area contributed by atoms with Crippen LogP contribution in [0, 0.1) is 6.92 Å². The van der Waals surface area contributed by atoms with E-state index in [9.17, 15) is 0 Å². The highest BCUT2D eigenvalue weighted by Crippen LogP contribution is 2.13. The SMILES string of the molecule is Cc1ccc(Cn2cc(C(C)(C)N)nn2)cc1. The molecule has 1 heterocycles. The van der Waals surface area contributed by atoms with Crippen molar-refractivity contribution in [3.63, 3.8) is 0 Å². The summed E-state index contributed by atoms with van der Waals surface area (Å²) in [7, 11) is 0. The average molecular weight is 230 g/mol. The summed E-state index contributed by atoms with van der Waals surface area (Å²) < 4.78 is 1.81. The van der Waals surface area contributed by atoms with Gasteiger partial charge in [-0.1, -0.05) is 35.0 Å². The summed E-state index contributed by atoms with van der Waals surface area (Å²) >= 11 is 0. The van der Waals surface area contributed by atoms with Crippen molar-refractivity contribution in [1.82, 2.24) is 15.0 Å². The van der Waals surface area contributed by atoms with E-state index in [1.165, 1.54) is 11.1 Å². The normalized spacial score (nSPS) is 11.8. The number of benzene rings is 1.